The summed E-state index contributed by atoms with van der Waals surface area (Å²) in [4.78, 5) is 38.4. The Hall–Kier alpha value is -3.73. The highest BCUT2D eigenvalue weighted by atomic mass is 16.2. The van der Waals surface area contributed by atoms with Crippen LogP contribution in [0.4, 0.5) is 0 Å². The van der Waals surface area contributed by atoms with Gasteiger partial charge in [0.1, 0.15) is 0 Å². The highest BCUT2D eigenvalue weighted by Gasteiger charge is 2.40. The minimum Gasteiger partial charge on any atom is -0.267 e. The highest BCUT2D eigenvalue weighted by Crippen LogP contribution is 2.26. The molecule has 4 rings (SSSR count). The lowest BCUT2D eigenvalue weighted by Crippen LogP contribution is -2.49. The normalized spacial score (nSPS) is 12.8. The van der Waals surface area contributed by atoms with Gasteiger partial charge in [-0.15, -0.1) is 0 Å². The van der Waals surface area contributed by atoms with E-state index in [1.807, 2.05) is 42.5 Å². The van der Waals surface area contributed by atoms with Gasteiger partial charge in [-0.25, -0.2) is 5.01 Å². The van der Waals surface area contributed by atoms with Crippen LogP contribution in [0.3, 0.4) is 0 Å². The molecule has 0 unspecified atom stereocenters. The largest absolute Gasteiger partial charge is 0.280 e. The number of carbonyl (C=O) groups is 3. The predicted octanol–water partition coefficient (Wildman–Crippen LogP) is 4.03. The Bertz CT molecular complexity index is 1020. The van der Waals surface area contributed by atoms with Crippen LogP contribution in [0.2, 0.25) is 0 Å². The lowest BCUT2D eigenvalue weighted by atomic mass is 10.0. The van der Waals surface area contributed by atoms with Gasteiger partial charge in [-0.2, -0.15) is 5.01 Å². The molecule has 5 nitrogen and oxygen atoms in total. The molecule has 0 saturated heterocycles. The Labute approximate surface area is 162 Å². The van der Waals surface area contributed by atoms with Gasteiger partial charge < -0.3 is 0 Å². The smallest absolute Gasteiger partial charge is 0.267 e. The van der Waals surface area contributed by atoms with Crippen molar-refractivity contribution >= 4 is 17.7 Å². The number of imide groups is 1. The lowest BCUT2D eigenvalue weighted by molar-refractivity contribution is 0.00562. The Morgan fingerprint density at radius 3 is 1.79 bits per heavy atom. The van der Waals surface area contributed by atoms with Gasteiger partial charge in [0.15, 0.2) is 0 Å². The molecule has 0 bridgehead atoms. The van der Waals surface area contributed by atoms with Gasteiger partial charge in [-0.3, -0.25) is 14.4 Å². The summed E-state index contributed by atoms with van der Waals surface area (Å²) in [5.74, 6) is -1.34. The molecule has 138 valence electrons. The maximum atomic E-state index is 13.0. The van der Waals surface area contributed by atoms with Crippen molar-refractivity contribution in [3.63, 3.8) is 0 Å². The van der Waals surface area contributed by atoms with Crippen molar-refractivity contribution in [3.8, 4) is 11.1 Å². The number of hydrogen-bond donors (Lipinski definition) is 0. The van der Waals surface area contributed by atoms with Crippen molar-refractivity contribution in [2.24, 2.45) is 0 Å². The van der Waals surface area contributed by atoms with Gasteiger partial charge >= 0.3 is 0 Å². The van der Waals surface area contributed by atoms with E-state index in [-0.39, 0.29) is 6.54 Å². The summed E-state index contributed by atoms with van der Waals surface area (Å²) in [5.41, 5.74) is 3.09. The molecule has 5 heteroatoms. The first kappa shape index (κ1) is 17.7. The molecule has 3 aromatic carbocycles. The van der Waals surface area contributed by atoms with Crippen LogP contribution >= 0.6 is 0 Å². The summed E-state index contributed by atoms with van der Waals surface area (Å²) in [6, 6.07) is 23.6. The summed E-state index contributed by atoms with van der Waals surface area (Å²) in [7, 11) is 0. The Kier molecular flexibility index (Phi) is 4.49. The molecule has 1 aliphatic heterocycles. The van der Waals surface area contributed by atoms with Crippen molar-refractivity contribution in [2.45, 2.75) is 6.92 Å². The van der Waals surface area contributed by atoms with E-state index in [4.69, 9.17) is 0 Å². The van der Waals surface area contributed by atoms with Gasteiger partial charge in [0.25, 0.3) is 17.7 Å². The molecule has 0 radical (unpaired) electrons. The third-order valence-electron chi connectivity index (χ3n) is 4.79. The van der Waals surface area contributed by atoms with Crippen LogP contribution in [0.25, 0.3) is 11.1 Å². The summed E-state index contributed by atoms with van der Waals surface area (Å²) < 4.78 is 0. The van der Waals surface area contributed by atoms with E-state index >= 15 is 0 Å². The molecule has 1 heterocycles. The van der Waals surface area contributed by atoms with E-state index in [0.29, 0.717) is 16.7 Å². The predicted molar refractivity (Wildman–Crippen MR) is 106 cm³/mol. The third-order valence-corrected chi connectivity index (χ3v) is 4.79. The molecule has 0 aliphatic carbocycles. The SMILES string of the molecule is CCN(C(=O)c1ccc(-c2ccccc2)cc1)N1C(=O)c2ccccc2C1=O. The van der Waals surface area contributed by atoms with Gasteiger partial charge in [-0.05, 0) is 42.3 Å². The van der Waals surface area contributed by atoms with E-state index in [1.54, 1.807) is 43.3 Å². The number of nitrogens with zero attached hydrogens (tertiary/aromatic N) is 2. The zero-order valence-electron chi connectivity index (χ0n) is 15.3. The molecule has 28 heavy (non-hydrogen) atoms. The number of hydrogen-bond acceptors (Lipinski definition) is 3. The molecular formula is C23H18N2O3. The van der Waals surface area contributed by atoms with E-state index in [9.17, 15) is 14.4 Å². The minimum atomic E-state index is -0.475. The molecule has 0 aromatic heterocycles. The summed E-state index contributed by atoms with van der Waals surface area (Å²) >= 11 is 0. The zero-order chi connectivity index (χ0) is 19.7. The van der Waals surface area contributed by atoms with Crippen molar-refractivity contribution in [1.29, 1.82) is 0 Å². The fraction of sp³-hybridized carbons (Fsp3) is 0.0870. The third kappa shape index (κ3) is 2.87. The van der Waals surface area contributed by atoms with Crippen molar-refractivity contribution in [1.82, 2.24) is 10.0 Å². The van der Waals surface area contributed by atoms with Gasteiger partial charge in [-0.1, -0.05) is 54.6 Å². The highest BCUT2D eigenvalue weighted by molar-refractivity contribution is 6.22. The average Bonchev–Trinajstić information content (AvgIpc) is 3.00. The number of hydrazine groups is 1. The van der Waals surface area contributed by atoms with Crippen LogP contribution in [-0.2, 0) is 0 Å². The van der Waals surface area contributed by atoms with Crippen molar-refractivity contribution < 1.29 is 14.4 Å². The maximum Gasteiger partial charge on any atom is 0.280 e. The molecule has 3 aromatic rings. The van der Waals surface area contributed by atoms with Crippen molar-refractivity contribution in [2.75, 3.05) is 6.54 Å². The Morgan fingerprint density at radius 2 is 1.25 bits per heavy atom. The van der Waals surface area contributed by atoms with E-state index in [0.717, 1.165) is 16.1 Å². The second kappa shape index (κ2) is 7.12. The van der Waals surface area contributed by atoms with Crippen LogP contribution in [-0.4, -0.2) is 34.3 Å². The summed E-state index contributed by atoms with van der Waals surface area (Å²) in [5, 5.41) is 2.14. The van der Waals surface area contributed by atoms with Crippen LogP contribution in [0.5, 0.6) is 0 Å². The summed E-state index contributed by atoms with van der Waals surface area (Å²) in [6.45, 7) is 1.94. The Morgan fingerprint density at radius 1 is 0.750 bits per heavy atom. The number of amides is 3. The lowest BCUT2D eigenvalue weighted by Gasteiger charge is -2.28. The molecule has 0 spiro atoms. The molecule has 0 saturated carbocycles. The monoisotopic (exact) mass is 370 g/mol. The van der Waals surface area contributed by atoms with Crippen LogP contribution < -0.4 is 0 Å². The fourth-order valence-electron chi connectivity index (χ4n) is 3.36. The Balaban J connectivity index is 1.62. The second-order valence-electron chi connectivity index (χ2n) is 6.43. The fourth-order valence-corrected chi connectivity index (χ4v) is 3.36. The van der Waals surface area contributed by atoms with Crippen LogP contribution in [0, 0.1) is 0 Å². The maximum absolute atomic E-state index is 13.0. The number of benzene rings is 3. The molecular weight excluding hydrogens is 352 g/mol. The number of rotatable bonds is 4. The van der Waals surface area contributed by atoms with Crippen LogP contribution in [0.1, 0.15) is 38.0 Å². The molecule has 0 fully saturated rings. The standard InChI is InChI=1S/C23H18N2O3/c1-2-24(25-22(27)19-10-6-7-11-20(19)23(25)28)21(26)18-14-12-17(13-15-18)16-8-4-3-5-9-16/h3-15H,2H2,1H3. The van der Waals surface area contributed by atoms with Gasteiger partial charge in [0, 0.05) is 12.1 Å². The van der Waals surface area contributed by atoms with Crippen LogP contribution in [0.15, 0.2) is 78.9 Å². The molecule has 0 N–H and O–H groups in total. The summed E-state index contributed by atoms with van der Waals surface area (Å²) in [6.07, 6.45) is 0. The first-order valence-electron chi connectivity index (χ1n) is 9.07. The first-order chi connectivity index (χ1) is 13.6. The molecule has 0 atom stereocenters. The van der Waals surface area contributed by atoms with Gasteiger partial charge in [0.05, 0.1) is 11.1 Å². The number of fused-ring (bicyclic) bond motifs is 1. The zero-order valence-corrected chi connectivity index (χ0v) is 15.3. The van der Waals surface area contributed by atoms with E-state index < -0.39 is 17.7 Å². The number of carbonyl (C=O) groups excluding carboxylic acids is 3. The van der Waals surface area contributed by atoms with E-state index in [2.05, 4.69) is 0 Å². The van der Waals surface area contributed by atoms with Gasteiger partial charge in [0.2, 0.25) is 0 Å². The first-order valence-corrected chi connectivity index (χ1v) is 9.07. The molecule has 3 amide bonds. The minimum absolute atomic E-state index is 0.199. The second-order valence-corrected chi connectivity index (χ2v) is 6.43. The quantitative estimate of drug-likeness (QED) is 0.652. The van der Waals surface area contributed by atoms with E-state index in [1.165, 1.54) is 5.01 Å². The van der Waals surface area contributed by atoms with Crippen molar-refractivity contribution in [3.05, 3.63) is 95.6 Å². The average molecular weight is 370 g/mol. The topological polar surface area (TPSA) is 57.7 Å². The molecule has 1 aliphatic rings.